The number of ether oxygens (including phenoxy) is 1. The Morgan fingerprint density at radius 2 is 2.38 bits per heavy atom. The zero-order valence-electron chi connectivity index (χ0n) is 12.3. The van der Waals surface area contributed by atoms with Crippen molar-refractivity contribution in [1.29, 1.82) is 0 Å². The Kier molecular flexibility index (Phi) is 6.32. The van der Waals surface area contributed by atoms with Gasteiger partial charge in [0.1, 0.15) is 5.69 Å². The molecule has 1 aromatic rings. The third-order valence-electron chi connectivity index (χ3n) is 3.42. The van der Waals surface area contributed by atoms with E-state index in [1.165, 1.54) is 0 Å². The van der Waals surface area contributed by atoms with E-state index in [2.05, 4.69) is 5.32 Å². The van der Waals surface area contributed by atoms with Crippen molar-refractivity contribution in [2.75, 3.05) is 24.2 Å². The zero-order valence-corrected chi connectivity index (χ0v) is 13.2. The topological polar surface area (TPSA) is 64.4 Å². The summed E-state index contributed by atoms with van der Waals surface area (Å²) in [5.41, 5.74) is 1.88. The van der Waals surface area contributed by atoms with Crippen LogP contribution in [0, 0.1) is 10.1 Å². The van der Waals surface area contributed by atoms with E-state index in [-0.39, 0.29) is 10.6 Å². The van der Waals surface area contributed by atoms with Crippen LogP contribution in [0.25, 0.3) is 0 Å². The van der Waals surface area contributed by atoms with Gasteiger partial charge >= 0.3 is 0 Å². The van der Waals surface area contributed by atoms with Gasteiger partial charge in [0.05, 0.1) is 11.0 Å². The molecule has 1 N–H and O–H groups in total. The molecule has 1 unspecified atom stereocenters. The molecule has 0 radical (unpaired) electrons. The number of nitrogens with one attached hydrogen (secondary N) is 1. The molecule has 6 heteroatoms. The van der Waals surface area contributed by atoms with Crippen LogP contribution in [0.2, 0.25) is 0 Å². The summed E-state index contributed by atoms with van der Waals surface area (Å²) in [7, 11) is 0. The zero-order chi connectivity index (χ0) is 15.1. The molecule has 0 amide bonds. The van der Waals surface area contributed by atoms with Crippen molar-refractivity contribution in [1.82, 2.24) is 0 Å². The summed E-state index contributed by atoms with van der Waals surface area (Å²) in [6.45, 7) is 3.67. The molecule has 5 nitrogen and oxygen atoms in total. The molecule has 1 aromatic carbocycles. The summed E-state index contributed by atoms with van der Waals surface area (Å²) in [4.78, 5) is 10.7. The van der Waals surface area contributed by atoms with E-state index in [4.69, 9.17) is 4.74 Å². The van der Waals surface area contributed by atoms with Crippen LogP contribution in [0.15, 0.2) is 18.2 Å². The van der Waals surface area contributed by atoms with Crippen molar-refractivity contribution in [3.8, 4) is 0 Å². The van der Waals surface area contributed by atoms with E-state index in [1.807, 2.05) is 30.8 Å². The van der Waals surface area contributed by atoms with Crippen molar-refractivity contribution in [2.24, 2.45) is 0 Å². The molecule has 1 saturated heterocycles. The first-order chi connectivity index (χ1) is 10.2. The van der Waals surface area contributed by atoms with Gasteiger partial charge in [-0.1, -0.05) is 13.0 Å². The number of nitro groups is 1. The maximum atomic E-state index is 11.0. The monoisotopic (exact) mass is 310 g/mol. The van der Waals surface area contributed by atoms with Gasteiger partial charge < -0.3 is 10.1 Å². The molecule has 0 bridgehead atoms. The average Bonchev–Trinajstić information content (AvgIpc) is 2.98. The predicted octanol–water partition coefficient (Wildman–Crippen LogP) is 3.83. The first-order valence-corrected chi connectivity index (χ1v) is 8.56. The van der Waals surface area contributed by atoms with Crippen LogP contribution in [0.3, 0.4) is 0 Å². The lowest BCUT2D eigenvalue weighted by molar-refractivity contribution is -0.384. The second-order valence-corrected chi connectivity index (χ2v) is 6.22. The molecule has 1 atom stereocenters. The van der Waals surface area contributed by atoms with E-state index < -0.39 is 0 Å². The number of thioether (sulfide) groups is 1. The fraction of sp³-hybridized carbons (Fsp3) is 0.600. The molecular formula is C15H22N2O3S. The van der Waals surface area contributed by atoms with Crippen LogP contribution in [-0.4, -0.2) is 29.9 Å². The van der Waals surface area contributed by atoms with E-state index in [0.717, 1.165) is 49.5 Å². The van der Waals surface area contributed by atoms with E-state index in [1.54, 1.807) is 6.07 Å². The number of rotatable bonds is 8. The second-order valence-electron chi connectivity index (χ2n) is 5.19. The molecule has 1 aliphatic rings. The standard InChI is InChI=1S/C15H22N2O3S/c1-2-7-16-14-9-12(5-6-15(14)17(18)19)10-21-11-13-4-3-8-20-13/h5-6,9,13,16H,2-4,7-8,10-11H2,1H3. The summed E-state index contributed by atoms with van der Waals surface area (Å²) in [6.07, 6.45) is 3.63. The number of hydrogen-bond donors (Lipinski definition) is 1. The fourth-order valence-corrected chi connectivity index (χ4v) is 3.38. The molecule has 1 aliphatic heterocycles. The van der Waals surface area contributed by atoms with E-state index in [9.17, 15) is 10.1 Å². The Morgan fingerprint density at radius 1 is 1.52 bits per heavy atom. The Morgan fingerprint density at radius 3 is 3.05 bits per heavy atom. The largest absolute Gasteiger partial charge is 0.379 e. The predicted molar refractivity (Wildman–Crippen MR) is 87.0 cm³/mol. The van der Waals surface area contributed by atoms with Crippen molar-refractivity contribution >= 4 is 23.1 Å². The highest BCUT2D eigenvalue weighted by atomic mass is 32.2. The Labute approximate surface area is 129 Å². The lowest BCUT2D eigenvalue weighted by Gasteiger charge is -2.10. The highest BCUT2D eigenvalue weighted by Gasteiger charge is 2.16. The lowest BCUT2D eigenvalue weighted by Crippen LogP contribution is -2.08. The maximum absolute atomic E-state index is 11.0. The van der Waals surface area contributed by atoms with Gasteiger partial charge in [-0.05, 0) is 30.9 Å². The maximum Gasteiger partial charge on any atom is 0.292 e. The summed E-state index contributed by atoms with van der Waals surface area (Å²) in [5.74, 6) is 1.85. The van der Waals surface area contributed by atoms with Gasteiger partial charge in [0.25, 0.3) is 5.69 Å². The molecule has 0 saturated carbocycles. The normalized spacial score (nSPS) is 17.9. The molecule has 1 heterocycles. The first-order valence-electron chi connectivity index (χ1n) is 7.41. The Bertz CT molecular complexity index is 476. The van der Waals surface area contributed by atoms with Crippen LogP contribution in [-0.2, 0) is 10.5 Å². The van der Waals surface area contributed by atoms with Crippen molar-refractivity contribution in [3.63, 3.8) is 0 Å². The molecule has 0 aliphatic carbocycles. The molecule has 0 aromatic heterocycles. The number of anilines is 1. The second kappa shape index (κ2) is 8.24. The highest BCUT2D eigenvalue weighted by Crippen LogP contribution is 2.28. The minimum Gasteiger partial charge on any atom is -0.379 e. The smallest absolute Gasteiger partial charge is 0.292 e. The third kappa shape index (κ3) is 4.89. The van der Waals surface area contributed by atoms with Crippen LogP contribution >= 0.6 is 11.8 Å². The van der Waals surface area contributed by atoms with Crippen LogP contribution in [0.4, 0.5) is 11.4 Å². The fourth-order valence-electron chi connectivity index (χ4n) is 2.32. The van der Waals surface area contributed by atoms with Gasteiger partial charge in [-0.3, -0.25) is 10.1 Å². The quantitative estimate of drug-likeness (QED) is 0.584. The van der Waals surface area contributed by atoms with Gasteiger partial charge in [0.15, 0.2) is 0 Å². The lowest BCUT2D eigenvalue weighted by atomic mass is 10.2. The number of benzene rings is 1. The molecular weight excluding hydrogens is 288 g/mol. The summed E-state index contributed by atoms with van der Waals surface area (Å²) >= 11 is 1.83. The van der Waals surface area contributed by atoms with Gasteiger partial charge in [-0.15, -0.1) is 0 Å². The molecule has 116 valence electrons. The molecule has 2 rings (SSSR count). The van der Waals surface area contributed by atoms with Crippen LogP contribution in [0.1, 0.15) is 31.7 Å². The summed E-state index contributed by atoms with van der Waals surface area (Å²) in [5, 5.41) is 14.2. The number of hydrogen-bond acceptors (Lipinski definition) is 5. The molecule has 21 heavy (non-hydrogen) atoms. The number of nitrogens with zero attached hydrogens (tertiary/aromatic N) is 1. The summed E-state index contributed by atoms with van der Waals surface area (Å²) < 4.78 is 5.60. The van der Waals surface area contributed by atoms with Gasteiger partial charge in [0.2, 0.25) is 0 Å². The molecule has 0 spiro atoms. The van der Waals surface area contributed by atoms with Crippen molar-refractivity contribution in [3.05, 3.63) is 33.9 Å². The van der Waals surface area contributed by atoms with Gasteiger partial charge in [-0.2, -0.15) is 11.8 Å². The summed E-state index contributed by atoms with van der Waals surface area (Å²) in [6, 6.07) is 5.34. The van der Waals surface area contributed by atoms with E-state index in [0.29, 0.717) is 11.8 Å². The van der Waals surface area contributed by atoms with Crippen LogP contribution < -0.4 is 5.32 Å². The Balaban J connectivity index is 1.93. The number of nitro benzene ring substituents is 1. The van der Waals surface area contributed by atoms with Crippen LogP contribution in [0.5, 0.6) is 0 Å². The molecule has 1 fully saturated rings. The SMILES string of the molecule is CCCNc1cc(CSCC2CCCO2)ccc1[N+](=O)[O-]. The van der Waals surface area contributed by atoms with Crippen molar-refractivity contribution in [2.45, 2.75) is 38.0 Å². The van der Waals surface area contributed by atoms with Gasteiger partial charge in [0, 0.05) is 30.7 Å². The van der Waals surface area contributed by atoms with Gasteiger partial charge in [-0.25, -0.2) is 0 Å². The average molecular weight is 310 g/mol. The first kappa shape index (κ1) is 16.1. The Hall–Kier alpha value is -1.27. The highest BCUT2D eigenvalue weighted by molar-refractivity contribution is 7.98. The third-order valence-corrected chi connectivity index (χ3v) is 4.56. The minimum atomic E-state index is -0.332. The van der Waals surface area contributed by atoms with E-state index >= 15 is 0 Å². The van der Waals surface area contributed by atoms with Crippen molar-refractivity contribution < 1.29 is 9.66 Å². The minimum absolute atomic E-state index is 0.149.